The summed E-state index contributed by atoms with van der Waals surface area (Å²) >= 11 is 0. The van der Waals surface area contributed by atoms with Crippen molar-refractivity contribution in [3.8, 4) is 17.2 Å². The molecule has 0 aliphatic heterocycles. The number of hydrogen-bond acceptors (Lipinski definition) is 5. The Bertz CT molecular complexity index is 701. The normalized spacial score (nSPS) is 10.1. The largest absolute Gasteiger partial charge is 0.497 e. The van der Waals surface area contributed by atoms with E-state index in [1.54, 1.807) is 32.4 Å². The number of ether oxygens (including phenoxy) is 3. The van der Waals surface area contributed by atoms with E-state index >= 15 is 0 Å². The minimum atomic E-state index is -0.158. The molecule has 0 heterocycles. The van der Waals surface area contributed by atoms with Gasteiger partial charge in [0.1, 0.15) is 17.2 Å². The van der Waals surface area contributed by atoms with Crippen LogP contribution in [0.25, 0.3) is 0 Å². The Morgan fingerprint density at radius 3 is 2.38 bits per heavy atom. The Kier molecular flexibility index (Phi) is 7.61. The van der Waals surface area contributed by atoms with Gasteiger partial charge in [0.15, 0.2) is 0 Å². The fourth-order valence-corrected chi connectivity index (χ4v) is 2.30. The van der Waals surface area contributed by atoms with E-state index in [2.05, 4.69) is 17.6 Å². The van der Waals surface area contributed by atoms with Crippen LogP contribution < -0.4 is 24.8 Å². The molecule has 0 aliphatic rings. The van der Waals surface area contributed by atoms with E-state index < -0.39 is 0 Å². The molecule has 2 rings (SSSR count). The van der Waals surface area contributed by atoms with Crippen LogP contribution in [0.5, 0.6) is 17.2 Å². The van der Waals surface area contributed by atoms with Crippen molar-refractivity contribution < 1.29 is 19.0 Å². The van der Waals surface area contributed by atoms with E-state index in [4.69, 9.17) is 14.2 Å². The van der Waals surface area contributed by atoms with Crippen molar-refractivity contribution >= 4 is 17.3 Å². The summed E-state index contributed by atoms with van der Waals surface area (Å²) in [6, 6.07) is 12.7. The maximum atomic E-state index is 12.2. The van der Waals surface area contributed by atoms with Crippen LogP contribution in [-0.4, -0.2) is 33.3 Å². The number of nitrogens with one attached hydrogen (secondary N) is 2. The summed E-state index contributed by atoms with van der Waals surface area (Å²) < 4.78 is 16.1. The molecule has 0 saturated heterocycles. The number of unbranched alkanes of at least 4 members (excludes halogenated alkanes) is 1. The van der Waals surface area contributed by atoms with Gasteiger partial charge in [0.05, 0.1) is 33.1 Å². The highest BCUT2D eigenvalue weighted by Crippen LogP contribution is 2.28. The van der Waals surface area contributed by atoms with Crippen LogP contribution in [0.3, 0.4) is 0 Å². The molecule has 2 N–H and O–H groups in total. The minimum absolute atomic E-state index is 0.109. The monoisotopic (exact) mass is 358 g/mol. The first kappa shape index (κ1) is 19.4. The minimum Gasteiger partial charge on any atom is -0.497 e. The van der Waals surface area contributed by atoms with Gasteiger partial charge in [-0.3, -0.25) is 4.79 Å². The molecule has 26 heavy (non-hydrogen) atoms. The highest BCUT2D eigenvalue weighted by Gasteiger charge is 2.08. The van der Waals surface area contributed by atoms with Gasteiger partial charge in [0.25, 0.3) is 0 Å². The molecule has 6 heteroatoms. The number of hydrogen-bond donors (Lipinski definition) is 2. The quantitative estimate of drug-likeness (QED) is 0.630. The first-order chi connectivity index (χ1) is 12.7. The Morgan fingerprint density at radius 1 is 1.00 bits per heavy atom. The van der Waals surface area contributed by atoms with Crippen LogP contribution in [0.4, 0.5) is 11.4 Å². The molecule has 0 unspecified atom stereocenters. The van der Waals surface area contributed by atoms with Crippen LogP contribution in [-0.2, 0) is 4.79 Å². The van der Waals surface area contributed by atoms with Gasteiger partial charge < -0.3 is 24.8 Å². The third kappa shape index (κ3) is 5.88. The lowest BCUT2D eigenvalue weighted by Gasteiger charge is -2.13. The lowest BCUT2D eigenvalue weighted by Crippen LogP contribution is -2.21. The Balaban J connectivity index is 1.87. The van der Waals surface area contributed by atoms with Crippen molar-refractivity contribution in [2.45, 2.75) is 19.8 Å². The molecule has 140 valence electrons. The number of benzene rings is 2. The molecule has 2 aromatic rings. The topological polar surface area (TPSA) is 68.8 Å². The van der Waals surface area contributed by atoms with Gasteiger partial charge in [-0.1, -0.05) is 13.3 Å². The number of rotatable bonds is 10. The van der Waals surface area contributed by atoms with E-state index in [1.807, 2.05) is 24.3 Å². The molecule has 0 radical (unpaired) electrons. The van der Waals surface area contributed by atoms with Gasteiger partial charge in [-0.25, -0.2) is 0 Å². The second-order valence-electron chi connectivity index (χ2n) is 5.69. The molecule has 1 amide bonds. The highest BCUT2D eigenvalue weighted by molar-refractivity contribution is 5.94. The fraction of sp³-hybridized carbons (Fsp3) is 0.350. The van der Waals surface area contributed by atoms with E-state index in [-0.39, 0.29) is 12.5 Å². The molecule has 2 aromatic carbocycles. The zero-order valence-electron chi connectivity index (χ0n) is 15.5. The summed E-state index contributed by atoms with van der Waals surface area (Å²) in [5, 5.41) is 5.91. The van der Waals surface area contributed by atoms with E-state index in [1.165, 1.54) is 0 Å². The van der Waals surface area contributed by atoms with Gasteiger partial charge in [-0.2, -0.15) is 0 Å². The molecule has 0 aliphatic carbocycles. The summed E-state index contributed by atoms with van der Waals surface area (Å²) in [5.41, 5.74) is 1.42. The number of amides is 1. The fourth-order valence-electron chi connectivity index (χ4n) is 2.30. The molecular formula is C20H26N2O4. The molecule has 0 atom stereocenters. The van der Waals surface area contributed by atoms with Crippen molar-refractivity contribution in [2.75, 3.05) is 38.0 Å². The van der Waals surface area contributed by atoms with Gasteiger partial charge in [0.2, 0.25) is 5.91 Å². The van der Waals surface area contributed by atoms with Crippen LogP contribution in [0.2, 0.25) is 0 Å². The predicted octanol–water partition coefficient (Wildman–Crippen LogP) is 3.93. The van der Waals surface area contributed by atoms with Crippen molar-refractivity contribution in [3.05, 3.63) is 42.5 Å². The van der Waals surface area contributed by atoms with Crippen molar-refractivity contribution in [1.29, 1.82) is 0 Å². The van der Waals surface area contributed by atoms with E-state index in [0.29, 0.717) is 23.8 Å². The van der Waals surface area contributed by atoms with Crippen molar-refractivity contribution in [3.63, 3.8) is 0 Å². The average molecular weight is 358 g/mol. The second-order valence-corrected chi connectivity index (χ2v) is 5.69. The molecule has 6 nitrogen and oxygen atoms in total. The third-order valence-corrected chi connectivity index (χ3v) is 3.75. The third-order valence-electron chi connectivity index (χ3n) is 3.75. The maximum absolute atomic E-state index is 12.2. The Morgan fingerprint density at radius 2 is 1.73 bits per heavy atom. The second kappa shape index (κ2) is 10.2. The molecular weight excluding hydrogens is 332 g/mol. The van der Waals surface area contributed by atoms with Crippen molar-refractivity contribution in [2.24, 2.45) is 0 Å². The first-order valence-electron chi connectivity index (χ1n) is 8.65. The molecule has 0 bridgehead atoms. The molecule has 0 spiro atoms. The molecule has 0 aromatic heterocycles. The lowest BCUT2D eigenvalue weighted by molar-refractivity contribution is -0.114. The van der Waals surface area contributed by atoms with Gasteiger partial charge in [0, 0.05) is 11.8 Å². The number of anilines is 2. The molecule has 0 fully saturated rings. The number of carbonyl (C=O) groups is 1. The van der Waals surface area contributed by atoms with Crippen molar-refractivity contribution in [1.82, 2.24) is 0 Å². The van der Waals surface area contributed by atoms with Gasteiger partial charge in [-0.15, -0.1) is 0 Å². The summed E-state index contributed by atoms with van der Waals surface area (Å²) in [6.45, 7) is 2.93. The summed E-state index contributed by atoms with van der Waals surface area (Å²) in [5.74, 6) is 1.98. The van der Waals surface area contributed by atoms with Gasteiger partial charge in [-0.05, 0) is 42.8 Å². The number of carbonyl (C=O) groups excluding carboxylic acids is 1. The van der Waals surface area contributed by atoms with Crippen LogP contribution in [0, 0.1) is 0 Å². The summed E-state index contributed by atoms with van der Waals surface area (Å²) in [4.78, 5) is 12.2. The molecule has 0 saturated carbocycles. The van der Waals surface area contributed by atoms with E-state index in [0.717, 1.165) is 24.3 Å². The van der Waals surface area contributed by atoms with E-state index in [9.17, 15) is 4.79 Å². The summed E-state index contributed by atoms with van der Waals surface area (Å²) in [7, 11) is 3.17. The Labute approximate surface area is 154 Å². The predicted molar refractivity (Wildman–Crippen MR) is 104 cm³/mol. The SMILES string of the molecule is CCCCOc1ccc(NC(=O)CNc2cc(OC)ccc2OC)cc1. The maximum Gasteiger partial charge on any atom is 0.243 e. The Hall–Kier alpha value is -2.89. The smallest absolute Gasteiger partial charge is 0.243 e. The first-order valence-corrected chi connectivity index (χ1v) is 8.65. The number of methoxy groups -OCH3 is 2. The van der Waals surface area contributed by atoms with Gasteiger partial charge >= 0.3 is 0 Å². The van der Waals surface area contributed by atoms with Crippen LogP contribution in [0.15, 0.2) is 42.5 Å². The van der Waals surface area contributed by atoms with Crippen LogP contribution >= 0.6 is 0 Å². The summed E-state index contributed by atoms with van der Waals surface area (Å²) in [6.07, 6.45) is 2.12. The lowest BCUT2D eigenvalue weighted by atomic mass is 10.2. The highest BCUT2D eigenvalue weighted by atomic mass is 16.5. The standard InChI is InChI=1S/C20H26N2O4/c1-4-5-12-26-16-8-6-15(7-9-16)22-20(23)14-21-18-13-17(24-2)10-11-19(18)25-3/h6-11,13,21H,4-5,12,14H2,1-3H3,(H,22,23). The zero-order valence-corrected chi connectivity index (χ0v) is 15.5. The average Bonchev–Trinajstić information content (AvgIpc) is 2.67. The van der Waals surface area contributed by atoms with Crippen LogP contribution in [0.1, 0.15) is 19.8 Å². The zero-order chi connectivity index (χ0) is 18.8.